The molecule has 0 atom stereocenters. The van der Waals surface area contributed by atoms with Crippen LogP contribution >= 0.6 is 0 Å². The summed E-state index contributed by atoms with van der Waals surface area (Å²) in [7, 11) is 4.39. The van der Waals surface area contributed by atoms with Crippen molar-refractivity contribution in [2.75, 3.05) is 21.3 Å². The number of aromatic nitrogens is 2. The second-order valence-electron chi connectivity index (χ2n) is 6.12. The lowest BCUT2D eigenvalue weighted by atomic mass is 10.1. The number of para-hydroxylation sites is 2. The molecule has 0 saturated carbocycles. The molecule has 1 heterocycles. The first kappa shape index (κ1) is 20.0. The van der Waals surface area contributed by atoms with Crippen LogP contribution in [-0.2, 0) is 11.2 Å². The quantitative estimate of drug-likeness (QED) is 0.525. The standard InChI is InChI=1S/C20H22N4O5/c1-27-15-10-12(11-16(28-2)19(15)29-3)20(26)24-23-18(25)9-8-17-21-13-6-4-5-7-14(13)22-17/h4-7,10-11H,8-9H2,1-3H3,(H,21,22)(H,23,25)(H,24,26). The predicted octanol–water partition coefficient (Wildman–Crippen LogP) is 1.98. The molecular formula is C20H22N4O5. The van der Waals surface area contributed by atoms with Crippen LogP contribution < -0.4 is 25.1 Å². The third-order valence-corrected chi connectivity index (χ3v) is 4.27. The van der Waals surface area contributed by atoms with Crippen molar-refractivity contribution < 1.29 is 23.8 Å². The molecule has 152 valence electrons. The summed E-state index contributed by atoms with van der Waals surface area (Å²) in [5, 5.41) is 0. The van der Waals surface area contributed by atoms with E-state index in [9.17, 15) is 9.59 Å². The Morgan fingerprint density at radius 2 is 1.69 bits per heavy atom. The molecule has 0 unspecified atom stereocenters. The van der Waals surface area contributed by atoms with E-state index >= 15 is 0 Å². The smallest absolute Gasteiger partial charge is 0.269 e. The topological polar surface area (TPSA) is 115 Å². The van der Waals surface area contributed by atoms with Crippen LogP contribution in [0.4, 0.5) is 0 Å². The predicted molar refractivity (Wildman–Crippen MR) is 106 cm³/mol. The fourth-order valence-electron chi connectivity index (χ4n) is 2.83. The van der Waals surface area contributed by atoms with Crippen LogP contribution in [0.15, 0.2) is 36.4 Å². The molecule has 3 aromatic rings. The van der Waals surface area contributed by atoms with Gasteiger partial charge in [0.2, 0.25) is 11.7 Å². The summed E-state index contributed by atoms with van der Waals surface area (Å²) in [5.74, 6) is 0.910. The minimum atomic E-state index is -0.513. The number of carbonyl (C=O) groups excluding carboxylic acids is 2. The largest absolute Gasteiger partial charge is 0.493 e. The first-order chi connectivity index (χ1) is 14.0. The highest BCUT2D eigenvalue weighted by Crippen LogP contribution is 2.38. The third-order valence-electron chi connectivity index (χ3n) is 4.27. The SMILES string of the molecule is COc1cc(C(=O)NNC(=O)CCc2nc3ccccc3[nH]2)cc(OC)c1OC. The molecule has 0 fully saturated rings. The van der Waals surface area contributed by atoms with E-state index in [0.717, 1.165) is 11.0 Å². The van der Waals surface area contributed by atoms with Crippen molar-refractivity contribution in [3.8, 4) is 17.2 Å². The van der Waals surface area contributed by atoms with Gasteiger partial charge >= 0.3 is 0 Å². The number of aryl methyl sites for hydroxylation is 1. The Kier molecular flexibility index (Phi) is 6.18. The van der Waals surface area contributed by atoms with Crippen LogP contribution in [0.1, 0.15) is 22.6 Å². The molecular weight excluding hydrogens is 376 g/mol. The maximum Gasteiger partial charge on any atom is 0.269 e. The van der Waals surface area contributed by atoms with Gasteiger partial charge in [0.1, 0.15) is 5.82 Å². The van der Waals surface area contributed by atoms with Gasteiger partial charge in [0.25, 0.3) is 5.91 Å². The molecule has 0 aliphatic heterocycles. The van der Waals surface area contributed by atoms with E-state index in [1.54, 1.807) is 0 Å². The van der Waals surface area contributed by atoms with Gasteiger partial charge < -0.3 is 19.2 Å². The number of imidazole rings is 1. The maximum absolute atomic E-state index is 12.4. The molecule has 29 heavy (non-hydrogen) atoms. The minimum absolute atomic E-state index is 0.162. The van der Waals surface area contributed by atoms with Gasteiger partial charge in [0.05, 0.1) is 32.4 Å². The zero-order valence-corrected chi connectivity index (χ0v) is 16.4. The number of hydrogen-bond acceptors (Lipinski definition) is 6. The molecule has 3 rings (SSSR count). The Hall–Kier alpha value is -3.75. The molecule has 0 aliphatic rings. The first-order valence-corrected chi connectivity index (χ1v) is 8.88. The lowest BCUT2D eigenvalue weighted by Crippen LogP contribution is -2.41. The molecule has 2 amide bonds. The summed E-state index contributed by atoms with van der Waals surface area (Å²) in [6.45, 7) is 0. The van der Waals surface area contributed by atoms with Crippen molar-refractivity contribution in [1.82, 2.24) is 20.8 Å². The molecule has 9 nitrogen and oxygen atoms in total. The summed E-state index contributed by atoms with van der Waals surface area (Å²) < 4.78 is 15.7. The third kappa shape index (κ3) is 4.57. The summed E-state index contributed by atoms with van der Waals surface area (Å²) in [6.07, 6.45) is 0.579. The molecule has 0 saturated heterocycles. The van der Waals surface area contributed by atoms with Gasteiger partial charge in [0, 0.05) is 18.4 Å². The number of hydrogen-bond donors (Lipinski definition) is 3. The molecule has 3 N–H and O–H groups in total. The van der Waals surface area contributed by atoms with Gasteiger partial charge in [0.15, 0.2) is 11.5 Å². The van der Waals surface area contributed by atoms with Crippen LogP contribution in [0.5, 0.6) is 17.2 Å². The van der Waals surface area contributed by atoms with Crippen molar-refractivity contribution >= 4 is 22.8 Å². The van der Waals surface area contributed by atoms with Crippen molar-refractivity contribution in [2.45, 2.75) is 12.8 Å². The molecule has 0 spiro atoms. The fraction of sp³-hybridized carbons (Fsp3) is 0.250. The lowest BCUT2D eigenvalue weighted by Gasteiger charge is -2.14. The zero-order chi connectivity index (χ0) is 20.8. The van der Waals surface area contributed by atoms with E-state index in [0.29, 0.717) is 29.5 Å². The van der Waals surface area contributed by atoms with Crippen LogP contribution in [0, 0.1) is 0 Å². The molecule has 9 heteroatoms. The average Bonchev–Trinajstić information content (AvgIpc) is 3.17. The number of H-pyrrole nitrogens is 1. The van der Waals surface area contributed by atoms with Crippen LogP contribution in [0.2, 0.25) is 0 Å². The number of fused-ring (bicyclic) bond motifs is 1. The highest BCUT2D eigenvalue weighted by atomic mass is 16.5. The fourth-order valence-corrected chi connectivity index (χ4v) is 2.83. The van der Waals surface area contributed by atoms with Crippen LogP contribution in [0.25, 0.3) is 11.0 Å². The minimum Gasteiger partial charge on any atom is -0.493 e. The van der Waals surface area contributed by atoms with Crippen molar-refractivity contribution in [3.05, 3.63) is 47.8 Å². The van der Waals surface area contributed by atoms with Crippen LogP contribution in [-0.4, -0.2) is 43.1 Å². The Balaban J connectivity index is 1.57. The van der Waals surface area contributed by atoms with Gasteiger partial charge in [-0.25, -0.2) is 4.98 Å². The number of aromatic amines is 1. The van der Waals surface area contributed by atoms with Gasteiger partial charge in [-0.15, -0.1) is 0 Å². The normalized spacial score (nSPS) is 10.4. The number of benzene rings is 2. The first-order valence-electron chi connectivity index (χ1n) is 8.88. The lowest BCUT2D eigenvalue weighted by molar-refractivity contribution is -0.121. The summed E-state index contributed by atoms with van der Waals surface area (Å²) in [5.41, 5.74) is 6.78. The number of carbonyl (C=O) groups is 2. The molecule has 1 aromatic heterocycles. The van der Waals surface area contributed by atoms with Gasteiger partial charge in [-0.2, -0.15) is 0 Å². The summed E-state index contributed by atoms with van der Waals surface area (Å²) in [4.78, 5) is 32.0. The number of ether oxygens (including phenoxy) is 3. The van der Waals surface area contributed by atoms with E-state index in [4.69, 9.17) is 14.2 Å². The number of hydrazine groups is 1. The number of rotatable bonds is 7. The van der Waals surface area contributed by atoms with Crippen molar-refractivity contribution in [3.63, 3.8) is 0 Å². The number of nitrogens with zero attached hydrogens (tertiary/aromatic N) is 1. The Bertz CT molecular complexity index is 973. The second-order valence-corrected chi connectivity index (χ2v) is 6.12. The maximum atomic E-state index is 12.4. The van der Waals surface area contributed by atoms with Gasteiger partial charge in [-0.05, 0) is 24.3 Å². The number of methoxy groups -OCH3 is 3. The van der Waals surface area contributed by atoms with E-state index in [1.807, 2.05) is 24.3 Å². The Morgan fingerprint density at radius 1 is 1.00 bits per heavy atom. The Labute approximate surface area is 167 Å². The van der Waals surface area contributed by atoms with E-state index in [2.05, 4.69) is 20.8 Å². The summed E-state index contributed by atoms with van der Waals surface area (Å²) >= 11 is 0. The average molecular weight is 398 g/mol. The molecule has 2 aromatic carbocycles. The monoisotopic (exact) mass is 398 g/mol. The zero-order valence-electron chi connectivity index (χ0n) is 16.4. The second kappa shape index (κ2) is 8.96. The van der Waals surface area contributed by atoms with E-state index in [-0.39, 0.29) is 17.9 Å². The van der Waals surface area contributed by atoms with Crippen molar-refractivity contribution in [1.29, 1.82) is 0 Å². The highest BCUT2D eigenvalue weighted by Gasteiger charge is 2.17. The van der Waals surface area contributed by atoms with E-state index < -0.39 is 5.91 Å². The van der Waals surface area contributed by atoms with Crippen molar-refractivity contribution in [2.24, 2.45) is 0 Å². The molecule has 0 radical (unpaired) electrons. The molecule has 0 aliphatic carbocycles. The number of nitrogens with one attached hydrogen (secondary N) is 3. The van der Waals surface area contributed by atoms with E-state index in [1.165, 1.54) is 33.5 Å². The highest BCUT2D eigenvalue weighted by molar-refractivity contribution is 5.96. The molecule has 0 bridgehead atoms. The Morgan fingerprint density at radius 3 is 2.31 bits per heavy atom. The van der Waals surface area contributed by atoms with Gasteiger partial charge in [-0.3, -0.25) is 20.4 Å². The van der Waals surface area contributed by atoms with Crippen LogP contribution in [0.3, 0.4) is 0 Å². The number of amides is 2. The summed E-state index contributed by atoms with van der Waals surface area (Å²) in [6, 6.07) is 10.6. The van der Waals surface area contributed by atoms with Gasteiger partial charge in [-0.1, -0.05) is 12.1 Å².